The minimum atomic E-state index is -4.57. The van der Waals surface area contributed by atoms with Gasteiger partial charge in [-0.05, 0) is 36.1 Å². The van der Waals surface area contributed by atoms with Crippen LogP contribution in [0, 0.1) is 5.82 Å². The van der Waals surface area contributed by atoms with E-state index in [0.717, 1.165) is 45.0 Å². The molecule has 1 aliphatic rings. The highest BCUT2D eigenvalue weighted by molar-refractivity contribution is 6.17. The molecule has 0 atom stereocenters. The number of hydrogen-bond donors (Lipinski definition) is 0. The lowest BCUT2D eigenvalue weighted by atomic mass is 9.97. The van der Waals surface area contributed by atoms with Crippen LogP contribution in [0.3, 0.4) is 0 Å². The summed E-state index contributed by atoms with van der Waals surface area (Å²) in [6.07, 6.45) is -0.570. The Labute approximate surface area is 266 Å². The van der Waals surface area contributed by atoms with Crippen molar-refractivity contribution in [2.45, 2.75) is 45.8 Å². The van der Waals surface area contributed by atoms with E-state index >= 15 is 4.39 Å². The summed E-state index contributed by atoms with van der Waals surface area (Å²) in [5.74, 6) is -0.747. The van der Waals surface area contributed by atoms with E-state index in [1.54, 1.807) is 11.0 Å². The fourth-order valence-electron chi connectivity index (χ4n) is 6.02. The van der Waals surface area contributed by atoms with Crippen molar-refractivity contribution in [1.29, 1.82) is 0 Å². The van der Waals surface area contributed by atoms with Gasteiger partial charge in [-0.25, -0.2) is 28.4 Å². The summed E-state index contributed by atoms with van der Waals surface area (Å²) >= 11 is 5.66. The molecule has 0 bridgehead atoms. The predicted octanol–water partition coefficient (Wildman–Crippen LogP) is 7.32. The number of rotatable bonds is 7. The van der Waals surface area contributed by atoms with Crippen molar-refractivity contribution in [2.24, 2.45) is 0 Å². The molecule has 0 saturated carbocycles. The zero-order valence-electron chi connectivity index (χ0n) is 25.2. The van der Waals surface area contributed by atoms with E-state index in [-0.39, 0.29) is 23.8 Å². The number of benzene rings is 2. The van der Waals surface area contributed by atoms with Crippen LogP contribution in [0.4, 0.5) is 28.3 Å². The summed E-state index contributed by atoms with van der Waals surface area (Å²) in [7, 11) is 1.31. The van der Waals surface area contributed by atoms with Gasteiger partial charge in [0.15, 0.2) is 17.6 Å². The fraction of sp³-hybridized carbons (Fsp3) is 0.312. The molecular formula is C32H29ClF4N6O3. The molecule has 0 N–H and O–H groups in total. The van der Waals surface area contributed by atoms with Crippen molar-refractivity contribution in [2.75, 3.05) is 24.6 Å². The van der Waals surface area contributed by atoms with Gasteiger partial charge >= 0.3 is 12.3 Å². The second-order valence-corrected chi connectivity index (χ2v) is 10.9. The topological polar surface area (TPSA) is 87.3 Å². The number of alkyl halides is 4. The van der Waals surface area contributed by atoms with Crippen molar-refractivity contribution in [3.63, 3.8) is 0 Å². The van der Waals surface area contributed by atoms with Crippen molar-refractivity contribution in [1.82, 2.24) is 24.3 Å². The molecule has 0 aliphatic carbocycles. The van der Waals surface area contributed by atoms with Gasteiger partial charge in [0.25, 0.3) is 0 Å². The number of anilines is 1. The molecule has 14 heteroatoms. The van der Waals surface area contributed by atoms with Crippen molar-refractivity contribution in [3.8, 4) is 22.7 Å². The van der Waals surface area contributed by atoms with E-state index in [0.29, 0.717) is 42.5 Å². The lowest BCUT2D eigenvalue weighted by Crippen LogP contribution is -2.31. The third-order valence-electron chi connectivity index (χ3n) is 8.17. The number of fused-ring (bicyclic) bond motifs is 2. The summed E-state index contributed by atoms with van der Waals surface area (Å²) in [5.41, 5.74) is 4.58. The average Bonchev–Trinajstić information content (AvgIpc) is 3.66. The number of para-hydroxylation sites is 1. The van der Waals surface area contributed by atoms with Crippen LogP contribution in [0.25, 0.3) is 27.8 Å². The number of methoxy groups -OCH3 is 1. The van der Waals surface area contributed by atoms with Crippen LogP contribution in [0.2, 0.25) is 0 Å². The van der Waals surface area contributed by atoms with E-state index < -0.39 is 29.7 Å². The first-order valence-electron chi connectivity index (χ1n) is 14.6. The molecule has 0 saturated heterocycles. The molecule has 1 aliphatic heterocycles. The van der Waals surface area contributed by atoms with E-state index in [1.807, 2.05) is 36.7 Å². The Kier molecular flexibility index (Phi) is 8.36. The zero-order valence-corrected chi connectivity index (χ0v) is 25.9. The first-order valence-corrected chi connectivity index (χ1v) is 15.1. The predicted molar refractivity (Wildman–Crippen MR) is 164 cm³/mol. The first-order chi connectivity index (χ1) is 22.1. The van der Waals surface area contributed by atoms with Gasteiger partial charge in [-0.2, -0.15) is 18.3 Å². The van der Waals surface area contributed by atoms with Crippen molar-refractivity contribution >= 4 is 34.5 Å². The normalized spacial score (nSPS) is 13.3. The maximum atomic E-state index is 15.9. The Morgan fingerprint density at radius 2 is 1.78 bits per heavy atom. The Hall–Kier alpha value is -4.65. The summed E-state index contributed by atoms with van der Waals surface area (Å²) in [6, 6.07) is 8.63. The fourth-order valence-corrected chi connectivity index (χ4v) is 6.12. The van der Waals surface area contributed by atoms with Gasteiger partial charge in [-0.1, -0.05) is 43.6 Å². The van der Waals surface area contributed by atoms with E-state index in [1.165, 1.54) is 19.4 Å². The van der Waals surface area contributed by atoms with Crippen LogP contribution in [0.15, 0.2) is 48.9 Å². The molecule has 0 spiro atoms. The maximum absolute atomic E-state index is 15.9. The van der Waals surface area contributed by atoms with Crippen LogP contribution in [-0.4, -0.2) is 50.1 Å². The second kappa shape index (κ2) is 12.3. The number of aromatic nitrogens is 5. The molecule has 0 fully saturated rings. The average molecular weight is 657 g/mol. The third-order valence-corrected chi connectivity index (χ3v) is 8.28. The van der Waals surface area contributed by atoms with E-state index in [4.69, 9.17) is 26.2 Å². The number of ether oxygens (including phenoxy) is 2. The van der Waals surface area contributed by atoms with Gasteiger partial charge in [-0.3, -0.25) is 0 Å². The van der Waals surface area contributed by atoms with Crippen molar-refractivity contribution < 1.29 is 31.8 Å². The lowest BCUT2D eigenvalue weighted by Gasteiger charge is -2.27. The molecule has 4 heterocycles. The van der Waals surface area contributed by atoms with Gasteiger partial charge in [-0.15, -0.1) is 0 Å². The Morgan fingerprint density at radius 3 is 2.39 bits per heavy atom. The lowest BCUT2D eigenvalue weighted by molar-refractivity contribution is -0.138. The second-order valence-electron chi connectivity index (χ2n) is 10.7. The minimum Gasteiger partial charge on any atom is -0.492 e. The van der Waals surface area contributed by atoms with E-state index in [2.05, 4.69) is 9.97 Å². The number of hydrogen-bond acceptors (Lipinski definition) is 7. The largest absolute Gasteiger partial charge is 0.492 e. The monoisotopic (exact) mass is 656 g/mol. The number of carbonyl (C=O) groups is 1. The third kappa shape index (κ3) is 5.31. The molecule has 240 valence electrons. The van der Waals surface area contributed by atoms with Crippen LogP contribution in [0.1, 0.15) is 41.8 Å². The number of nitrogens with zero attached hydrogens (tertiary/aromatic N) is 6. The Balaban J connectivity index is 1.61. The standard InChI is InChI=1S/C32H29ClF4N6O3/c1-4-18-7-6-8-19(5-2)26(18)43-27(22-13-24(34)29(45-3)28-21(22)9-12-42(28)31(44)46-17-33)23-16-41(11-10-25(23)40-43)30-38-14-20(15-39-30)32(35,36)37/h6-9,12-15H,4-5,10-11,16-17H2,1-3H3. The highest BCUT2D eigenvalue weighted by Gasteiger charge is 2.34. The number of carbonyl (C=O) groups excluding carboxylic acids is 1. The molecule has 2 aromatic carbocycles. The van der Waals surface area contributed by atoms with Gasteiger partial charge in [0.2, 0.25) is 5.95 Å². The van der Waals surface area contributed by atoms with Crippen LogP contribution >= 0.6 is 11.6 Å². The molecule has 0 radical (unpaired) electrons. The summed E-state index contributed by atoms with van der Waals surface area (Å²) in [5, 5.41) is 5.56. The summed E-state index contributed by atoms with van der Waals surface area (Å²) in [6.45, 7) is 4.67. The summed E-state index contributed by atoms with van der Waals surface area (Å²) < 4.78 is 69.0. The SMILES string of the molecule is CCc1cccc(CC)c1-n1nc2c(c1-c1cc(F)c(OC)c3c1ccn3C(=O)OCCl)CN(c1ncc(C(F)(F)F)cn1)CC2. The first kappa shape index (κ1) is 31.3. The Bertz CT molecular complexity index is 1920. The van der Waals surface area contributed by atoms with Crippen LogP contribution in [-0.2, 0) is 36.7 Å². The molecule has 3 aromatic heterocycles. The van der Waals surface area contributed by atoms with Gasteiger partial charge in [0.05, 0.1) is 29.7 Å². The molecule has 0 amide bonds. The minimum absolute atomic E-state index is 0.126. The highest BCUT2D eigenvalue weighted by atomic mass is 35.5. The number of halogens is 5. The molecule has 5 aromatic rings. The highest BCUT2D eigenvalue weighted by Crippen LogP contribution is 2.43. The zero-order chi connectivity index (χ0) is 32.7. The quantitative estimate of drug-likeness (QED) is 0.134. The van der Waals surface area contributed by atoms with Crippen LogP contribution in [0.5, 0.6) is 5.75 Å². The van der Waals surface area contributed by atoms with Crippen molar-refractivity contribution in [3.05, 3.63) is 82.7 Å². The maximum Gasteiger partial charge on any atom is 0.419 e. The van der Waals surface area contributed by atoms with Gasteiger partial charge in [0, 0.05) is 54.6 Å². The number of aryl methyl sites for hydroxylation is 2. The molecule has 9 nitrogen and oxygen atoms in total. The smallest absolute Gasteiger partial charge is 0.419 e. The van der Waals surface area contributed by atoms with Crippen LogP contribution < -0.4 is 9.64 Å². The van der Waals surface area contributed by atoms with Gasteiger partial charge in [0.1, 0.15) is 5.52 Å². The molecule has 0 unspecified atom stereocenters. The Morgan fingerprint density at radius 1 is 1.09 bits per heavy atom. The molecular weight excluding hydrogens is 628 g/mol. The molecule has 46 heavy (non-hydrogen) atoms. The van der Waals surface area contributed by atoms with Gasteiger partial charge < -0.3 is 14.4 Å². The molecule has 6 rings (SSSR count). The summed E-state index contributed by atoms with van der Waals surface area (Å²) in [4.78, 5) is 22.6. The van der Waals surface area contributed by atoms with E-state index in [9.17, 15) is 18.0 Å².